The Kier molecular flexibility index (Phi) is 16.6. The van der Waals surface area contributed by atoms with Crippen molar-refractivity contribution in [2.75, 3.05) is 26.4 Å². The standard InChI is InChI=1S/C6H9NO.C6H13O6P.C4H6O2/c1-2-7-5-3-4-6(7)8;1-2-3-11-4-6(7)5-12-13(8,9)10;1-3-6-4(2)5/h2H,1,3-5H2;2,6-7H,1,3-5H2,(H2,8,9,10);3H,1H2,2H3. The lowest BCUT2D eigenvalue weighted by Gasteiger charge is -2.11. The Bertz CT molecular complexity index is 518. The van der Waals surface area contributed by atoms with Crippen molar-refractivity contribution in [3.05, 3.63) is 38.3 Å². The molecule has 3 N–H and O–H groups in total. The number of carbonyl (C=O) groups is 2. The quantitative estimate of drug-likeness (QED) is 0.168. The van der Waals surface area contributed by atoms with Crippen LogP contribution in [-0.2, 0) is 28.2 Å². The fraction of sp³-hybridized carbons (Fsp3) is 0.500. The van der Waals surface area contributed by atoms with E-state index in [1.165, 1.54) is 13.0 Å². The molecule has 0 saturated carbocycles. The third kappa shape index (κ3) is 20.4. The number of aliphatic hydroxyl groups is 1. The van der Waals surface area contributed by atoms with Gasteiger partial charge in [0.25, 0.3) is 0 Å². The Morgan fingerprint density at radius 3 is 2.26 bits per heavy atom. The maximum absolute atomic E-state index is 10.7. The number of aliphatic hydroxyl groups excluding tert-OH is 1. The number of rotatable bonds is 9. The summed E-state index contributed by atoms with van der Waals surface area (Å²) in [4.78, 5) is 38.6. The number of carbonyl (C=O) groups excluding carboxylic acids is 2. The van der Waals surface area contributed by atoms with Crippen LogP contribution < -0.4 is 0 Å². The van der Waals surface area contributed by atoms with Crippen LogP contribution in [0.5, 0.6) is 0 Å². The van der Waals surface area contributed by atoms with Crippen LogP contribution in [-0.4, -0.2) is 64.1 Å². The molecular weight excluding hydrogens is 381 g/mol. The minimum Gasteiger partial charge on any atom is -0.435 e. The third-order valence-corrected chi connectivity index (χ3v) is 3.05. The molecule has 1 saturated heterocycles. The second kappa shape index (κ2) is 16.4. The zero-order valence-electron chi connectivity index (χ0n) is 15.4. The van der Waals surface area contributed by atoms with Gasteiger partial charge in [-0.15, -0.1) is 6.58 Å². The van der Waals surface area contributed by atoms with Crippen LogP contribution in [0.1, 0.15) is 19.8 Å². The van der Waals surface area contributed by atoms with E-state index in [0.717, 1.165) is 19.2 Å². The second-order valence-electron chi connectivity index (χ2n) is 4.92. The summed E-state index contributed by atoms with van der Waals surface area (Å²) in [6.07, 6.45) is 4.83. The lowest BCUT2D eigenvalue weighted by atomic mass is 10.4. The van der Waals surface area contributed by atoms with Crippen molar-refractivity contribution in [1.29, 1.82) is 0 Å². The molecule has 156 valence electrons. The zero-order valence-corrected chi connectivity index (χ0v) is 16.3. The zero-order chi connectivity index (χ0) is 21.3. The fourth-order valence-electron chi connectivity index (χ4n) is 1.50. The molecule has 11 heteroatoms. The second-order valence-corrected chi connectivity index (χ2v) is 6.16. The van der Waals surface area contributed by atoms with Gasteiger partial charge < -0.3 is 29.3 Å². The average Bonchev–Trinajstić information content (AvgIpc) is 2.99. The minimum absolute atomic E-state index is 0.0496. The number of hydrogen-bond donors (Lipinski definition) is 3. The molecule has 27 heavy (non-hydrogen) atoms. The summed E-state index contributed by atoms with van der Waals surface area (Å²) >= 11 is 0. The predicted molar refractivity (Wildman–Crippen MR) is 98.1 cm³/mol. The Balaban J connectivity index is 0. The highest BCUT2D eigenvalue weighted by Crippen LogP contribution is 2.35. The number of phosphoric acid groups is 1. The number of amides is 1. The molecule has 1 fully saturated rings. The van der Waals surface area contributed by atoms with Crippen LogP contribution in [0.15, 0.2) is 38.3 Å². The Hall–Kier alpha value is -1.81. The van der Waals surface area contributed by atoms with Gasteiger partial charge in [0, 0.05) is 19.9 Å². The summed E-state index contributed by atoms with van der Waals surface area (Å²) < 4.78 is 23.2. The number of phosphoric ester groups is 1. The van der Waals surface area contributed by atoms with E-state index >= 15 is 0 Å². The molecule has 0 aromatic rings. The van der Waals surface area contributed by atoms with E-state index in [1.54, 1.807) is 11.1 Å². The van der Waals surface area contributed by atoms with E-state index in [2.05, 4.69) is 29.0 Å². The Labute approximate surface area is 159 Å². The van der Waals surface area contributed by atoms with Gasteiger partial charge in [0.05, 0.1) is 26.1 Å². The molecule has 0 aromatic carbocycles. The minimum atomic E-state index is -4.49. The van der Waals surface area contributed by atoms with Crippen molar-refractivity contribution in [2.45, 2.75) is 25.9 Å². The summed E-state index contributed by atoms with van der Waals surface area (Å²) in [5.41, 5.74) is 0. The molecule has 1 aliphatic rings. The van der Waals surface area contributed by atoms with Crippen LogP contribution in [0.4, 0.5) is 0 Å². The van der Waals surface area contributed by atoms with Gasteiger partial charge in [-0.1, -0.05) is 19.2 Å². The molecule has 1 rings (SSSR count). The average molecular weight is 409 g/mol. The van der Waals surface area contributed by atoms with Crippen molar-refractivity contribution in [2.24, 2.45) is 0 Å². The highest BCUT2D eigenvalue weighted by molar-refractivity contribution is 7.46. The molecule has 0 spiro atoms. The van der Waals surface area contributed by atoms with Crippen molar-refractivity contribution in [1.82, 2.24) is 4.90 Å². The molecule has 0 aromatic heterocycles. The normalized spacial score (nSPS) is 14.1. The summed E-state index contributed by atoms with van der Waals surface area (Å²) in [7, 11) is -4.49. The van der Waals surface area contributed by atoms with E-state index in [4.69, 9.17) is 19.6 Å². The van der Waals surface area contributed by atoms with Crippen LogP contribution in [0.3, 0.4) is 0 Å². The molecule has 1 aliphatic heterocycles. The van der Waals surface area contributed by atoms with Gasteiger partial charge >= 0.3 is 13.8 Å². The summed E-state index contributed by atoms with van der Waals surface area (Å²) in [5.74, 6) is -0.120. The number of hydrogen-bond acceptors (Lipinski definition) is 7. The van der Waals surface area contributed by atoms with E-state index in [1.807, 2.05) is 0 Å². The number of esters is 1. The van der Waals surface area contributed by atoms with E-state index in [9.17, 15) is 14.2 Å². The molecule has 1 heterocycles. The summed E-state index contributed by atoms with van der Waals surface area (Å²) in [6, 6.07) is 0. The topological polar surface area (TPSA) is 143 Å². The molecule has 0 aliphatic carbocycles. The first-order chi connectivity index (χ1) is 12.6. The van der Waals surface area contributed by atoms with Gasteiger partial charge in [0.2, 0.25) is 5.91 Å². The van der Waals surface area contributed by atoms with E-state index in [0.29, 0.717) is 6.42 Å². The molecular formula is C16H28NO9P. The van der Waals surface area contributed by atoms with Gasteiger partial charge in [-0.05, 0) is 12.6 Å². The van der Waals surface area contributed by atoms with Crippen LogP contribution in [0, 0.1) is 0 Å². The first-order valence-electron chi connectivity index (χ1n) is 7.84. The van der Waals surface area contributed by atoms with Crippen molar-refractivity contribution < 1.29 is 43.0 Å². The predicted octanol–water partition coefficient (Wildman–Crippen LogP) is 1.10. The van der Waals surface area contributed by atoms with Crippen molar-refractivity contribution >= 4 is 19.7 Å². The van der Waals surface area contributed by atoms with Gasteiger partial charge in [-0.2, -0.15) is 0 Å². The highest BCUT2D eigenvalue weighted by Gasteiger charge is 2.17. The van der Waals surface area contributed by atoms with Crippen molar-refractivity contribution in [3.8, 4) is 0 Å². The molecule has 0 bridgehead atoms. The first-order valence-corrected chi connectivity index (χ1v) is 9.37. The smallest absolute Gasteiger partial charge is 0.435 e. The van der Waals surface area contributed by atoms with Gasteiger partial charge in [-0.25, -0.2) is 4.57 Å². The largest absolute Gasteiger partial charge is 0.469 e. The monoisotopic (exact) mass is 409 g/mol. The lowest BCUT2D eigenvalue weighted by Crippen LogP contribution is -2.21. The van der Waals surface area contributed by atoms with Crippen molar-refractivity contribution in [3.63, 3.8) is 0 Å². The summed E-state index contributed by atoms with van der Waals surface area (Å²) in [6.45, 7) is 12.0. The highest BCUT2D eigenvalue weighted by atomic mass is 31.2. The maximum Gasteiger partial charge on any atom is 0.469 e. The van der Waals surface area contributed by atoms with Crippen LogP contribution >= 0.6 is 7.82 Å². The number of ether oxygens (including phenoxy) is 2. The van der Waals surface area contributed by atoms with Gasteiger partial charge in [0.1, 0.15) is 6.10 Å². The Morgan fingerprint density at radius 1 is 1.33 bits per heavy atom. The van der Waals surface area contributed by atoms with E-state index in [-0.39, 0.29) is 25.1 Å². The molecule has 1 atom stereocenters. The lowest BCUT2D eigenvalue weighted by molar-refractivity contribution is -0.135. The molecule has 1 unspecified atom stereocenters. The first kappa shape index (κ1) is 27.4. The van der Waals surface area contributed by atoms with Gasteiger partial charge in [-0.3, -0.25) is 14.1 Å². The van der Waals surface area contributed by atoms with Gasteiger partial charge in [0.15, 0.2) is 0 Å². The van der Waals surface area contributed by atoms with Crippen LogP contribution in [0.25, 0.3) is 0 Å². The number of likely N-dealkylation sites (tertiary alicyclic amines) is 1. The summed E-state index contributed by atoms with van der Waals surface area (Å²) in [5, 5.41) is 9.01. The maximum atomic E-state index is 10.7. The number of nitrogens with zero attached hydrogens (tertiary/aromatic N) is 1. The van der Waals surface area contributed by atoms with Crippen LogP contribution in [0.2, 0.25) is 0 Å². The molecule has 0 radical (unpaired) electrons. The van der Waals surface area contributed by atoms with E-state index < -0.39 is 20.5 Å². The third-order valence-electron chi connectivity index (χ3n) is 2.56. The SMILES string of the molecule is C=CCOCC(O)COP(=O)(O)O.C=CN1CCCC1=O.C=COC(C)=O. The molecule has 1 amide bonds. The molecule has 10 nitrogen and oxygen atoms in total. The Morgan fingerprint density at radius 2 is 1.96 bits per heavy atom. The fourth-order valence-corrected chi connectivity index (χ4v) is 1.86.